The Morgan fingerprint density at radius 1 is 1.38 bits per heavy atom. The third-order valence-electron chi connectivity index (χ3n) is 3.47. The van der Waals surface area contributed by atoms with Crippen molar-refractivity contribution < 1.29 is 0 Å². The predicted octanol–water partition coefficient (Wildman–Crippen LogP) is 2.54. The highest BCUT2D eigenvalue weighted by Crippen LogP contribution is 2.16. The summed E-state index contributed by atoms with van der Waals surface area (Å²) in [6.07, 6.45) is 4.06. The van der Waals surface area contributed by atoms with Gasteiger partial charge in [-0.3, -0.25) is 0 Å². The number of rotatable bonds is 5. The topological polar surface area (TPSA) is 24.1 Å². The van der Waals surface area contributed by atoms with Gasteiger partial charge in [0.25, 0.3) is 0 Å². The Morgan fingerprint density at radius 3 is 2.88 bits per heavy atom. The van der Waals surface area contributed by atoms with Crippen LogP contribution in [0.1, 0.15) is 30.4 Å². The lowest BCUT2D eigenvalue weighted by molar-refractivity contribution is 0.348. The van der Waals surface area contributed by atoms with E-state index in [0.29, 0.717) is 0 Å². The van der Waals surface area contributed by atoms with Crippen molar-refractivity contribution in [3.63, 3.8) is 0 Å². The minimum Gasteiger partial charge on any atom is -0.317 e. The smallest absolute Gasteiger partial charge is 0.0216 e. The van der Waals surface area contributed by atoms with E-state index in [1.165, 1.54) is 50.0 Å². The number of thiophene rings is 1. The normalized spacial score (nSPS) is 17.8. The van der Waals surface area contributed by atoms with Crippen LogP contribution in [0.5, 0.6) is 0 Å². The van der Waals surface area contributed by atoms with Crippen LogP contribution in [0.4, 0.5) is 0 Å². The molecule has 0 radical (unpaired) electrons. The highest BCUT2D eigenvalue weighted by molar-refractivity contribution is 7.08. The van der Waals surface area contributed by atoms with Gasteiger partial charge in [0.05, 0.1) is 0 Å². The molecule has 2 rings (SSSR count). The fourth-order valence-electron chi connectivity index (χ4n) is 2.27. The Labute approximate surface area is 102 Å². The molecule has 1 aromatic heterocycles. The quantitative estimate of drug-likeness (QED) is 0.770. The molecule has 1 aliphatic heterocycles. The van der Waals surface area contributed by atoms with E-state index in [9.17, 15) is 0 Å². The summed E-state index contributed by atoms with van der Waals surface area (Å²) < 4.78 is 0. The summed E-state index contributed by atoms with van der Waals surface area (Å²) in [5.41, 5.74) is 2.90. The molecule has 1 saturated heterocycles. The number of aryl methyl sites for hydroxylation is 1. The van der Waals surface area contributed by atoms with Crippen molar-refractivity contribution in [2.24, 2.45) is 5.92 Å². The average Bonchev–Trinajstić information content (AvgIpc) is 2.72. The lowest BCUT2D eigenvalue weighted by Crippen LogP contribution is -2.29. The zero-order valence-corrected chi connectivity index (χ0v) is 10.9. The largest absolute Gasteiger partial charge is 0.317 e. The molecule has 0 bridgehead atoms. The first kappa shape index (κ1) is 12.1. The minimum absolute atomic E-state index is 0.942. The van der Waals surface area contributed by atoms with Crippen LogP contribution in [0.15, 0.2) is 10.8 Å². The van der Waals surface area contributed by atoms with Gasteiger partial charge in [-0.2, -0.15) is 11.3 Å². The van der Waals surface area contributed by atoms with Crippen LogP contribution in [0.3, 0.4) is 0 Å². The van der Waals surface area contributed by atoms with Crippen molar-refractivity contribution in [1.29, 1.82) is 0 Å². The highest BCUT2D eigenvalue weighted by atomic mass is 32.1. The molecule has 3 heteroatoms. The average molecular weight is 238 g/mol. The Morgan fingerprint density at radius 2 is 2.19 bits per heavy atom. The van der Waals surface area contributed by atoms with Crippen molar-refractivity contribution >= 4 is 11.3 Å². The van der Waals surface area contributed by atoms with E-state index in [1.807, 2.05) is 0 Å². The van der Waals surface area contributed by atoms with Crippen molar-refractivity contribution in [1.82, 2.24) is 10.6 Å². The first-order valence-electron chi connectivity index (χ1n) is 6.29. The third-order valence-corrected chi connectivity index (χ3v) is 4.38. The molecule has 2 heterocycles. The fourth-order valence-corrected chi connectivity index (χ4v) is 3.12. The van der Waals surface area contributed by atoms with Crippen LogP contribution < -0.4 is 10.6 Å². The number of hydrogen-bond donors (Lipinski definition) is 2. The minimum atomic E-state index is 0.942. The van der Waals surface area contributed by atoms with E-state index >= 15 is 0 Å². The van der Waals surface area contributed by atoms with Gasteiger partial charge in [-0.05, 0) is 73.6 Å². The Kier molecular flexibility index (Phi) is 4.82. The van der Waals surface area contributed by atoms with Crippen molar-refractivity contribution in [2.75, 3.05) is 19.6 Å². The maximum atomic E-state index is 3.56. The van der Waals surface area contributed by atoms with Gasteiger partial charge in [0.2, 0.25) is 0 Å². The SMILES string of the molecule is Cc1cscc1CNCCC1CCNCC1. The van der Waals surface area contributed by atoms with Gasteiger partial charge in [-0.1, -0.05) is 0 Å². The number of hydrogen-bond acceptors (Lipinski definition) is 3. The molecule has 0 saturated carbocycles. The first-order chi connectivity index (χ1) is 7.86. The molecule has 0 aromatic carbocycles. The third kappa shape index (κ3) is 3.58. The summed E-state index contributed by atoms with van der Waals surface area (Å²) in [5.74, 6) is 0.942. The molecule has 0 unspecified atom stereocenters. The number of nitrogens with one attached hydrogen (secondary N) is 2. The zero-order valence-electron chi connectivity index (χ0n) is 10.1. The molecule has 1 aromatic rings. The molecular weight excluding hydrogens is 216 g/mol. The number of piperidine rings is 1. The molecule has 1 fully saturated rings. The predicted molar refractivity (Wildman–Crippen MR) is 71.0 cm³/mol. The second-order valence-corrected chi connectivity index (χ2v) is 5.48. The Bertz CT molecular complexity index is 303. The van der Waals surface area contributed by atoms with Crippen LogP contribution in [-0.4, -0.2) is 19.6 Å². The van der Waals surface area contributed by atoms with Gasteiger partial charge >= 0.3 is 0 Å². The summed E-state index contributed by atoms with van der Waals surface area (Å²) in [4.78, 5) is 0. The second kappa shape index (κ2) is 6.38. The summed E-state index contributed by atoms with van der Waals surface area (Å²) in [6, 6.07) is 0. The van der Waals surface area contributed by atoms with E-state index in [2.05, 4.69) is 28.3 Å². The zero-order chi connectivity index (χ0) is 11.2. The van der Waals surface area contributed by atoms with Gasteiger partial charge in [0.15, 0.2) is 0 Å². The standard InChI is InChI=1S/C13H22N2S/c1-11-9-16-10-13(11)8-15-7-4-12-2-5-14-6-3-12/h9-10,12,14-15H,2-8H2,1H3. The van der Waals surface area contributed by atoms with Crippen molar-refractivity contribution in [3.05, 3.63) is 21.9 Å². The molecule has 0 atom stereocenters. The molecule has 1 aliphatic rings. The molecular formula is C13H22N2S. The van der Waals surface area contributed by atoms with E-state index in [-0.39, 0.29) is 0 Å². The Balaban J connectivity index is 1.59. The second-order valence-electron chi connectivity index (χ2n) is 4.74. The summed E-state index contributed by atoms with van der Waals surface area (Å²) in [6.45, 7) is 6.84. The van der Waals surface area contributed by atoms with Crippen LogP contribution in [0.25, 0.3) is 0 Å². The fraction of sp³-hybridized carbons (Fsp3) is 0.692. The van der Waals surface area contributed by atoms with Gasteiger partial charge in [0, 0.05) is 6.54 Å². The van der Waals surface area contributed by atoms with Gasteiger partial charge in [0.1, 0.15) is 0 Å². The van der Waals surface area contributed by atoms with Gasteiger partial charge in [-0.15, -0.1) is 0 Å². The molecule has 90 valence electrons. The lowest BCUT2D eigenvalue weighted by atomic mass is 9.95. The van der Waals surface area contributed by atoms with E-state index in [4.69, 9.17) is 0 Å². The van der Waals surface area contributed by atoms with Crippen LogP contribution in [0, 0.1) is 12.8 Å². The summed E-state index contributed by atoms with van der Waals surface area (Å²) in [7, 11) is 0. The van der Waals surface area contributed by atoms with Gasteiger partial charge in [-0.25, -0.2) is 0 Å². The monoisotopic (exact) mass is 238 g/mol. The van der Waals surface area contributed by atoms with Gasteiger partial charge < -0.3 is 10.6 Å². The van der Waals surface area contributed by atoms with Crippen LogP contribution >= 0.6 is 11.3 Å². The van der Waals surface area contributed by atoms with Crippen LogP contribution in [0.2, 0.25) is 0 Å². The molecule has 2 nitrogen and oxygen atoms in total. The van der Waals surface area contributed by atoms with Crippen molar-refractivity contribution in [3.8, 4) is 0 Å². The highest BCUT2D eigenvalue weighted by Gasteiger charge is 2.11. The van der Waals surface area contributed by atoms with E-state index in [0.717, 1.165) is 12.5 Å². The summed E-state index contributed by atoms with van der Waals surface area (Å²) in [5, 5.41) is 11.5. The lowest BCUT2D eigenvalue weighted by Gasteiger charge is -2.22. The Hall–Kier alpha value is -0.380. The van der Waals surface area contributed by atoms with E-state index in [1.54, 1.807) is 11.3 Å². The van der Waals surface area contributed by atoms with Crippen molar-refractivity contribution in [2.45, 2.75) is 32.7 Å². The molecule has 0 amide bonds. The van der Waals surface area contributed by atoms with E-state index < -0.39 is 0 Å². The maximum absolute atomic E-state index is 3.56. The van der Waals surface area contributed by atoms with Crippen LogP contribution in [-0.2, 0) is 6.54 Å². The molecule has 0 aliphatic carbocycles. The molecule has 2 N–H and O–H groups in total. The maximum Gasteiger partial charge on any atom is 0.0216 e. The first-order valence-corrected chi connectivity index (χ1v) is 7.23. The molecule has 16 heavy (non-hydrogen) atoms. The summed E-state index contributed by atoms with van der Waals surface area (Å²) >= 11 is 1.80. The molecule has 0 spiro atoms.